The van der Waals surface area contributed by atoms with Gasteiger partial charge in [0.2, 0.25) is 5.91 Å². The van der Waals surface area contributed by atoms with Crippen LogP contribution in [0, 0.1) is 0 Å². The number of hydrogen-bond donors (Lipinski definition) is 4. The molecule has 1 unspecified atom stereocenters. The van der Waals surface area contributed by atoms with Gasteiger partial charge < -0.3 is 16.4 Å². The predicted molar refractivity (Wildman–Crippen MR) is 72.8 cm³/mol. The molecule has 1 saturated heterocycles. The summed E-state index contributed by atoms with van der Waals surface area (Å²) in [7, 11) is 0. The van der Waals surface area contributed by atoms with Gasteiger partial charge in [-0.15, -0.1) is 0 Å². The van der Waals surface area contributed by atoms with E-state index >= 15 is 0 Å². The highest BCUT2D eigenvalue weighted by atomic mass is 19.3. The Bertz CT molecular complexity index is 551. The standard InChI is InChI=1S/C13H16F2N4O2/c14-13(15)5-10(18-7-13)11(20)17-6-8-2-1-3-9(4-8)19-12(16)21/h1-4,10,18H,5-7H2,(H,17,20)(H3,16,19,21). The van der Waals surface area contributed by atoms with Gasteiger partial charge in [-0.05, 0) is 17.7 Å². The Balaban J connectivity index is 1.88. The molecule has 3 amide bonds. The van der Waals surface area contributed by atoms with E-state index in [2.05, 4.69) is 16.0 Å². The van der Waals surface area contributed by atoms with Crippen LogP contribution in [0.15, 0.2) is 24.3 Å². The molecule has 21 heavy (non-hydrogen) atoms. The first-order chi connectivity index (χ1) is 9.85. The number of benzene rings is 1. The Kier molecular flexibility index (Phi) is 4.37. The molecule has 1 aromatic carbocycles. The highest BCUT2D eigenvalue weighted by Crippen LogP contribution is 2.25. The maximum atomic E-state index is 13.0. The number of primary amides is 1. The number of nitrogens with two attached hydrogens (primary N) is 1. The Morgan fingerprint density at radius 3 is 2.81 bits per heavy atom. The zero-order chi connectivity index (χ0) is 15.5. The normalized spacial score (nSPS) is 20.0. The second-order valence-electron chi connectivity index (χ2n) is 4.90. The molecule has 6 nitrogen and oxygen atoms in total. The number of hydrogen-bond acceptors (Lipinski definition) is 3. The Morgan fingerprint density at radius 2 is 2.19 bits per heavy atom. The second-order valence-corrected chi connectivity index (χ2v) is 4.90. The fourth-order valence-electron chi connectivity index (χ4n) is 2.11. The lowest BCUT2D eigenvalue weighted by Crippen LogP contribution is -2.40. The van der Waals surface area contributed by atoms with Crippen LogP contribution in [0.1, 0.15) is 12.0 Å². The second kappa shape index (κ2) is 6.04. The number of amides is 3. The van der Waals surface area contributed by atoms with Gasteiger partial charge in [-0.2, -0.15) is 0 Å². The first kappa shape index (κ1) is 15.2. The van der Waals surface area contributed by atoms with Gasteiger partial charge in [0.25, 0.3) is 5.92 Å². The summed E-state index contributed by atoms with van der Waals surface area (Å²) >= 11 is 0. The fraction of sp³-hybridized carbons (Fsp3) is 0.385. The summed E-state index contributed by atoms with van der Waals surface area (Å²) < 4.78 is 26.0. The third-order valence-corrected chi connectivity index (χ3v) is 3.09. The lowest BCUT2D eigenvalue weighted by Gasteiger charge is -2.12. The topological polar surface area (TPSA) is 96.2 Å². The van der Waals surface area contributed by atoms with Crippen LogP contribution in [0.2, 0.25) is 0 Å². The maximum absolute atomic E-state index is 13.0. The van der Waals surface area contributed by atoms with Crippen molar-refractivity contribution in [2.24, 2.45) is 5.73 Å². The number of nitrogens with one attached hydrogen (secondary N) is 3. The van der Waals surface area contributed by atoms with Crippen LogP contribution in [0.3, 0.4) is 0 Å². The summed E-state index contributed by atoms with van der Waals surface area (Å²) in [5.74, 6) is -3.31. The van der Waals surface area contributed by atoms with Crippen LogP contribution in [0.5, 0.6) is 0 Å². The van der Waals surface area contributed by atoms with E-state index in [1.807, 2.05) is 0 Å². The summed E-state index contributed by atoms with van der Waals surface area (Å²) in [5.41, 5.74) is 6.23. The first-order valence-corrected chi connectivity index (χ1v) is 6.40. The SMILES string of the molecule is NC(=O)Nc1cccc(CNC(=O)C2CC(F)(F)CN2)c1. The molecule has 0 saturated carbocycles. The van der Waals surface area contributed by atoms with Gasteiger partial charge in [0.05, 0.1) is 12.6 Å². The molecule has 1 atom stereocenters. The average molecular weight is 298 g/mol. The zero-order valence-corrected chi connectivity index (χ0v) is 11.2. The average Bonchev–Trinajstić information content (AvgIpc) is 2.76. The smallest absolute Gasteiger partial charge is 0.316 e. The maximum Gasteiger partial charge on any atom is 0.316 e. The number of halogens is 2. The highest BCUT2D eigenvalue weighted by molar-refractivity contribution is 5.87. The van der Waals surface area contributed by atoms with Crippen molar-refractivity contribution >= 4 is 17.6 Å². The molecule has 0 aromatic heterocycles. The van der Waals surface area contributed by atoms with Crippen LogP contribution < -0.4 is 21.7 Å². The molecule has 0 spiro atoms. The van der Waals surface area contributed by atoms with E-state index in [0.717, 1.165) is 5.56 Å². The molecule has 8 heteroatoms. The van der Waals surface area contributed by atoms with Crippen LogP contribution in [-0.4, -0.2) is 30.4 Å². The van der Waals surface area contributed by atoms with Crippen LogP contribution in [-0.2, 0) is 11.3 Å². The Labute approximate surface area is 120 Å². The zero-order valence-electron chi connectivity index (χ0n) is 11.2. The van der Waals surface area contributed by atoms with Gasteiger partial charge in [-0.3, -0.25) is 10.1 Å². The Morgan fingerprint density at radius 1 is 1.43 bits per heavy atom. The number of alkyl halides is 2. The summed E-state index contributed by atoms with van der Waals surface area (Å²) in [6, 6.07) is 5.15. The summed E-state index contributed by atoms with van der Waals surface area (Å²) in [5, 5.41) is 7.48. The molecule has 1 aliphatic heterocycles. The number of carbonyl (C=O) groups is 2. The third kappa shape index (κ3) is 4.38. The monoisotopic (exact) mass is 298 g/mol. The van der Waals surface area contributed by atoms with E-state index < -0.39 is 36.9 Å². The lowest BCUT2D eigenvalue weighted by molar-refractivity contribution is -0.123. The van der Waals surface area contributed by atoms with Crippen LogP contribution in [0.4, 0.5) is 19.3 Å². The van der Waals surface area contributed by atoms with Crippen molar-refractivity contribution in [3.8, 4) is 0 Å². The fourth-order valence-corrected chi connectivity index (χ4v) is 2.11. The van der Waals surface area contributed by atoms with E-state index in [9.17, 15) is 18.4 Å². The van der Waals surface area contributed by atoms with E-state index in [0.29, 0.717) is 5.69 Å². The van der Waals surface area contributed by atoms with Gasteiger partial charge >= 0.3 is 6.03 Å². The molecule has 0 bridgehead atoms. The summed E-state index contributed by atoms with van der Waals surface area (Å²) in [6.07, 6.45) is -0.498. The number of carbonyl (C=O) groups excluding carboxylic acids is 2. The first-order valence-electron chi connectivity index (χ1n) is 6.40. The van der Waals surface area contributed by atoms with E-state index in [4.69, 9.17) is 5.73 Å². The molecule has 2 rings (SSSR count). The van der Waals surface area contributed by atoms with Gasteiger partial charge in [0, 0.05) is 18.7 Å². The molecule has 1 heterocycles. The van der Waals surface area contributed by atoms with Crippen molar-refractivity contribution < 1.29 is 18.4 Å². The molecule has 0 aliphatic carbocycles. The molecule has 1 aliphatic rings. The van der Waals surface area contributed by atoms with Gasteiger partial charge in [0.1, 0.15) is 0 Å². The molecule has 114 valence electrons. The summed E-state index contributed by atoms with van der Waals surface area (Å²) in [4.78, 5) is 22.5. The van der Waals surface area contributed by atoms with Crippen molar-refractivity contribution in [1.82, 2.24) is 10.6 Å². The van der Waals surface area contributed by atoms with E-state index in [1.165, 1.54) is 0 Å². The van der Waals surface area contributed by atoms with Crippen molar-refractivity contribution in [3.05, 3.63) is 29.8 Å². The molecule has 0 radical (unpaired) electrons. The molecular formula is C13H16F2N4O2. The molecular weight excluding hydrogens is 282 g/mol. The van der Waals surface area contributed by atoms with Gasteiger partial charge in [-0.1, -0.05) is 12.1 Å². The molecule has 5 N–H and O–H groups in total. The van der Waals surface area contributed by atoms with Crippen LogP contribution >= 0.6 is 0 Å². The van der Waals surface area contributed by atoms with Crippen molar-refractivity contribution in [1.29, 1.82) is 0 Å². The number of rotatable bonds is 4. The van der Waals surface area contributed by atoms with Gasteiger partial charge in [0.15, 0.2) is 0 Å². The molecule has 1 fully saturated rings. The highest BCUT2D eigenvalue weighted by Gasteiger charge is 2.42. The predicted octanol–water partition coefficient (Wildman–Crippen LogP) is 0.791. The third-order valence-electron chi connectivity index (χ3n) is 3.09. The lowest BCUT2D eigenvalue weighted by atomic mass is 10.1. The number of anilines is 1. The minimum atomic E-state index is -2.84. The van der Waals surface area contributed by atoms with Crippen LogP contribution in [0.25, 0.3) is 0 Å². The van der Waals surface area contributed by atoms with E-state index in [1.54, 1.807) is 24.3 Å². The van der Waals surface area contributed by atoms with E-state index in [-0.39, 0.29) is 6.54 Å². The Hall–Kier alpha value is -2.22. The molecule has 1 aromatic rings. The van der Waals surface area contributed by atoms with Gasteiger partial charge in [-0.25, -0.2) is 13.6 Å². The largest absolute Gasteiger partial charge is 0.351 e. The van der Waals surface area contributed by atoms with Crippen molar-refractivity contribution in [3.63, 3.8) is 0 Å². The summed E-state index contributed by atoms with van der Waals surface area (Å²) in [6.45, 7) is -0.306. The number of urea groups is 1. The van der Waals surface area contributed by atoms with Crippen molar-refractivity contribution in [2.75, 3.05) is 11.9 Å². The van der Waals surface area contributed by atoms with Crippen molar-refractivity contribution in [2.45, 2.75) is 24.9 Å². The minimum absolute atomic E-state index is 0.177. The quantitative estimate of drug-likeness (QED) is 0.661. The minimum Gasteiger partial charge on any atom is -0.351 e.